The number of benzene rings is 2. The van der Waals surface area contributed by atoms with Crippen LogP contribution >= 0.6 is 11.6 Å². The fourth-order valence-electron chi connectivity index (χ4n) is 4.03. The summed E-state index contributed by atoms with van der Waals surface area (Å²) in [7, 11) is 1.26. The molecule has 176 valence electrons. The maximum atomic E-state index is 13.5. The largest absolute Gasteiger partial charge is 0.468 e. The van der Waals surface area contributed by atoms with Gasteiger partial charge in [0.05, 0.1) is 12.1 Å². The monoisotopic (exact) mass is 486 g/mol. The molecule has 1 N–H and O–H groups in total. The van der Waals surface area contributed by atoms with Gasteiger partial charge < -0.3 is 24.2 Å². The summed E-state index contributed by atoms with van der Waals surface area (Å²) in [5.74, 6) is -2.66. The molecule has 8 nitrogen and oxygen atoms in total. The number of ether oxygens (including phenoxy) is 1. The highest BCUT2D eigenvalue weighted by Gasteiger charge is 2.33. The highest BCUT2D eigenvalue weighted by atomic mass is 35.5. The zero-order chi connectivity index (χ0) is 24.4. The van der Waals surface area contributed by atoms with E-state index in [1.165, 1.54) is 36.3 Å². The second-order valence-corrected chi connectivity index (χ2v) is 8.19. The predicted molar refractivity (Wildman–Crippen MR) is 122 cm³/mol. The fraction of sp³-hybridized carbons (Fsp3) is 0.250. The van der Waals surface area contributed by atoms with E-state index in [2.05, 4.69) is 5.32 Å². The Morgan fingerprint density at radius 2 is 2.03 bits per heavy atom. The third kappa shape index (κ3) is 4.57. The summed E-state index contributed by atoms with van der Waals surface area (Å²) in [6.45, 7) is 0.740. The van der Waals surface area contributed by atoms with Gasteiger partial charge in [-0.25, -0.2) is 9.18 Å². The summed E-state index contributed by atoms with van der Waals surface area (Å²) in [5.41, 5.74) is 0.669. The van der Waals surface area contributed by atoms with Crippen LogP contribution in [0.1, 0.15) is 11.5 Å². The molecule has 2 aromatic carbocycles. The summed E-state index contributed by atoms with van der Waals surface area (Å²) >= 11 is 6.19. The van der Waals surface area contributed by atoms with Crippen LogP contribution in [0.5, 0.6) is 0 Å². The first-order chi connectivity index (χ1) is 16.3. The van der Waals surface area contributed by atoms with Gasteiger partial charge in [0, 0.05) is 42.2 Å². The molecule has 1 aliphatic rings. The number of hydrogen-bond acceptors (Lipinski definition) is 7. The lowest BCUT2D eigenvalue weighted by molar-refractivity contribution is -0.146. The number of aldehydes is 1. The first-order valence-electron chi connectivity index (χ1n) is 10.4. The second kappa shape index (κ2) is 9.74. The quantitative estimate of drug-likeness (QED) is 0.255. The van der Waals surface area contributed by atoms with E-state index in [-0.39, 0.29) is 17.2 Å². The summed E-state index contributed by atoms with van der Waals surface area (Å²) < 4.78 is 23.5. The number of halogens is 2. The van der Waals surface area contributed by atoms with E-state index in [1.54, 1.807) is 12.1 Å². The number of hydrogen-bond donors (Lipinski definition) is 1. The van der Waals surface area contributed by atoms with Crippen LogP contribution < -0.4 is 10.9 Å². The molecule has 1 saturated heterocycles. The van der Waals surface area contributed by atoms with Gasteiger partial charge in [-0.15, -0.1) is 0 Å². The van der Waals surface area contributed by atoms with Gasteiger partial charge in [-0.1, -0.05) is 23.7 Å². The molecule has 34 heavy (non-hydrogen) atoms. The zero-order valence-corrected chi connectivity index (χ0v) is 18.8. The van der Waals surface area contributed by atoms with E-state index in [9.17, 15) is 23.6 Å². The Morgan fingerprint density at radius 1 is 1.24 bits per heavy atom. The molecule has 1 unspecified atom stereocenters. The van der Waals surface area contributed by atoms with E-state index >= 15 is 0 Å². The predicted octanol–water partition coefficient (Wildman–Crippen LogP) is 2.51. The van der Waals surface area contributed by atoms with Crippen LogP contribution in [0, 0.1) is 5.82 Å². The smallest absolute Gasteiger partial charge is 0.336 e. The average Bonchev–Trinajstić information content (AvgIpc) is 2.83. The third-order valence-corrected chi connectivity index (χ3v) is 6.04. The Kier molecular flexibility index (Phi) is 6.76. The standard InChI is InChI=1S/C24H20ClFN2O6/c1-33-24(32)20-11-28(7-6-27-20)23(31)18(12-29)13-2-4-16-17(10-22(30)34-21(16)8-13)15-5-3-14(26)9-19(15)25/h2-5,8-10,12,18,20,27H,6-7,11H2,1H3/t18?,20-/m0/s1. The molecule has 1 fully saturated rings. The third-order valence-electron chi connectivity index (χ3n) is 5.72. The second-order valence-electron chi connectivity index (χ2n) is 7.79. The Morgan fingerprint density at radius 3 is 2.74 bits per heavy atom. The molecule has 4 rings (SSSR count). The van der Waals surface area contributed by atoms with Crippen molar-refractivity contribution < 1.29 is 27.9 Å². The molecule has 10 heteroatoms. The van der Waals surface area contributed by atoms with Crippen molar-refractivity contribution in [1.29, 1.82) is 0 Å². The van der Waals surface area contributed by atoms with E-state index < -0.39 is 35.3 Å². The normalized spacial score (nSPS) is 16.8. The number of rotatable bonds is 5. The van der Waals surface area contributed by atoms with Crippen LogP contribution in [-0.4, -0.2) is 55.8 Å². The van der Waals surface area contributed by atoms with E-state index in [1.807, 2.05) is 0 Å². The lowest BCUT2D eigenvalue weighted by atomic mass is 9.95. The molecular formula is C24H20ClFN2O6. The minimum absolute atomic E-state index is 0.0612. The number of fused-ring (bicyclic) bond motifs is 1. The van der Waals surface area contributed by atoms with Crippen molar-refractivity contribution in [1.82, 2.24) is 10.2 Å². The van der Waals surface area contributed by atoms with Crippen molar-refractivity contribution in [3.63, 3.8) is 0 Å². The van der Waals surface area contributed by atoms with Crippen molar-refractivity contribution in [2.75, 3.05) is 26.7 Å². The lowest BCUT2D eigenvalue weighted by Crippen LogP contribution is -2.56. The highest BCUT2D eigenvalue weighted by Crippen LogP contribution is 2.34. The zero-order valence-electron chi connectivity index (χ0n) is 18.0. The van der Waals surface area contributed by atoms with Crippen LogP contribution in [-0.2, 0) is 19.1 Å². The van der Waals surface area contributed by atoms with Crippen LogP contribution in [0.3, 0.4) is 0 Å². The maximum absolute atomic E-state index is 13.5. The van der Waals surface area contributed by atoms with Crippen molar-refractivity contribution in [2.45, 2.75) is 12.0 Å². The van der Waals surface area contributed by atoms with Crippen molar-refractivity contribution in [2.24, 2.45) is 0 Å². The number of nitrogens with one attached hydrogen (secondary N) is 1. The Bertz CT molecular complexity index is 1340. The minimum Gasteiger partial charge on any atom is -0.468 e. The first kappa shape index (κ1) is 23.6. The summed E-state index contributed by atoms with van der Waals surface area (Å²) in [4.78, 5) is 50.6. The molecule has 2 atom stereocenters. The van der Waals surface area contributed by atoms with Gasteiger partial charge in [-0.3, -0.25) is 9.59 Å². The van der Waals surface area contributed by atoms with Crippen LogP contribution in [0.4, 0.5) is 4.39 Å². The molecule has 0 radical (unpaired) electrons. The first-order valence-corrected chi connectivity index (χ1v) is 10.8. The molecule has 3 aromatic rings. The number of carbonyl (C=O) groups is 3. The van der Waals surface area contributed by atoms with Crippen molar-refractivity contribution >= 4 is 40.7 Å². The lowest BCUT2D eigenvalue weighted by Gasteiger charge is -2.33. The number of piperazine rings is 1. The Hall–Kier alpha value is -3.56. The Balaban J connectivity index is 1.70. The van der Waals surface area contributed by atoms with Gasteiger partial charge in [-0.05, 0) is 29.8 Å². The molecule has 0 saturated carbocycles. The van der Waals surface area contributed by atoms with Crippen molar-refractivity contribution in [3.05, 3.63) is 69.3 Å². The number of carbonyl (C=O) groups excluding carboxylic acids is 3. The molecule has 1 amide bonds. The van der Waals surface area contributed by atoms with E-state index in [0.29, 0.717) is 41.5 Å². The SMILES string of the molecule is COC(=O)[C@@H]1CN(C(=O)C(C=O)c2ccc3c(-c4ccc(F)cc4Cl)cc(=O)oc3c2)CCN1. The Labute approximate surface area is 198 Å². The maximum Gasteiger partial charge on any atom is 0.336 e. The molecule has 1 aromatic heterocycles. The fourth-order valence-corrected chi connectivity index (χ4v) is 4.30. The van der Waals surface area contributed by atoms with Crippen LogP contribution in [0.15, 0.2) is 51.7 Å². The van der Waals surface area contributed by atoms with Gasteiger partial charge in [0.1, 0.15) is 29.6 Å². The summed E-state index contributed by atoms with van der Waals surface area (Å²) in [6.07, 6.45) is 0.511. The van der Waals surface area contributed by atoms with Crippen molar-refractivity contribution in [3.8, 4) is 11.1 Å². The summed E-state index contributed by atoms with van der Waals surface area (Å²) in [6, 6.07) is 9.04. The van der Waals surface area contributed by atoms with Gasteiger partial charge in [0.2, 0.25) is 5.91 Å². The summed E-state index contributed by atoms with van der Waals surface area (Å²) in [5, 5.41) is 3.59. The van der Waals surface area contributed by atoms with E-state index in [4.69, 9.17) is 20.8 Å². The number of amides is 1. The van der Waals surface area contributed by atoms with Gasteiger partial charge in [-0.2, -0.15) is 0 Å². The highest BCUT2D eigenvalue weighted by molar-refractivity contribution is 6.33. The number of nitrogens with zero attached hydrogens (tertiary/aromatic N) is 1. The molecule has 0 aliphatic carbocycles. The van der Waals surface area contributed by atoms with Gasteiger partial charge >= 0.3 is 11.6 Å². The molecule has 0 spiro atoms. The van der Waals surface area contributed by atoms with Crippen LogP contribution in [0.2, 0.25) is 5.02 Å². The molecular weight excluding hydrogens is 467 g/mol. The van der Waals surface area contributed by atoms with Crippen LogP contribution in [0.25, 0.3) is 22.1 Å². The number of methoxy groups -OCH3 is 1. The molecule has 1 aliphatic heterocycles. The molecule has 0 bridgehead atoms. The van der Waals surface area contributed by atoms with Gasteiger partial charge in [0.25, 0.3) is 0 Å². The number of esters is 1. The van der Waals surface area contributed by atoms with E-state index in [0.717, 1.165) is 6.07 Å². The average molecular weight is 487 g/mol. The van der Waals surface area contributed by atoms with Gasteiger partial charge in [0.15, 0.2) is 0 Å². The minimum atomic E-state index is -1.16. The topological polar surface area (TPSA) is 106 Å². The molecule has 2 heterocycles.